The number of carbonyl (C=O) groups excluding carboxylic acids is 1. The molecule has 0 spiro atoms. The van der Waals surface area contributed by atoms with Gasteiger partial charge in [-0.1, -0.05) is 11.6 Å². The van der Waals surface area contributed by atoms with Gasteiger partial charge in [0.2, 0.25) is 0 Å². The summed E-state index contributed by atoms with van der Waals surface area (Å²) < 4.78 is 9.61. The lowest BCUT2D eigenvalue weighted by molar-refractivity contribution is 0.0597. The number of thiocarbonyl (C=S) groups is 1. The van der Waals surface area contributed by atoms with Crippen molar-refractivity contribution in [1.82, 2.24) is 0 Å². The number of aliphatic imine (C=N–C) groups is 1. The summed E-state index contributed by atoms with van der Waals surface area (Å²) in [5.41, 5.74) is 0.580. The lowest BCUT2D eigenvalue weighted by Crippen LogP contribution is -2.03. The SMILES string of the molecule is COC(=O)c1cc(N=C=S)c(Cl)cc1OC. The van der Waals surface area contributed by atoms with Crippen molar-refractivity contribution in [3.8, 4) is 5.75 Å². The predicted octanol–water partition coefficient (Wildman–Crippen LogP) is 2.87. The van der Waals surface area contributed by atoms with Crippen molar-refractivity contribution >= 4 is 40.6 Å². The zero-order valence-corrected chi connectivity index (χ0v) is 10.2. The van der Waals surface area contributed by atoms with E-state index in [9.17, 15) is 4.79 Å². The Hall–Kier alpha value is -1.42. The number of hydrogen-bond acceptors (Lipinski definition) is 5. The maximum Gasteiger partial charge on any atom is 0.341 e. The van der Waals surface area contributed by atoms with Gasteiger partial charge in [0, 0.05) is 6.07 Å². The molecule has 0 aliphatic carbocycles. The zero-order valence-electron chi connectivity index (χ0n) is 8.61. The number of hydrogen-bond donors (Lipinski definition) is 0. The third kappa shape index (κ3) is 2.58. The van der Waals surface area contributed by atoms with E-state index in [1.165, 1.54) is 26.4 Å². The first-order valence-electron chi connectivity index (χ1n) is 4.17. The van der Waals surface area contributed by atoms with E-state index in [1.54, 1.807) is 0 Å². The van der Waals surface area contributed by atoms with Gasteiger partial charge in [-0.3, -0.25) is 0 Å². The van der Waals surface area contributed by atoms with Crippen LogP contribution < -0.4 is 4.74 Å². The van der Waals surface area contributed by atoms with Crippen LogP contribution in [-0.2, 0) is 4.74 Å². The topological polar surface area (TPSA) is 47.9 Å². The van der Waals surface area contributed by atoms with E-state index in [1.807, 2.05) is 0 Å². The third-order valence-corrected chi connectivity index (χ3v) is 2.23. The molecule has 0 aliphatic rings. The van der Waals surface area contributed by atoms with Crippen LogP contribution in [0, 0.1) is 0 Å². The van der Waals surface area contributed by atoms with E-state index in [0.717, 1.165) is 0 Å². The molecule has 16 heavy (non-hydrogen) atoms. The molecule has 0 amide bonds. The summed E-state index contributed by atoms with van der Waals surface area (Å²) in [6.45, 7) is 0. The minimum Gasteiger partial charge on any atom is -0.496 e. The molecule has 1 aromatic rings. The Kier molecular flexibility index (Phi) is 4.43. The molecule has 6 heteroatoms. The van der Waals surface area contributed by atoms with Crippen molar-refractivity contribution in [2.24, 2.45) is 4.99 Å². The summed E-state index contributed by atoms with van der Waals surface area (Å²) in [5.74, 6) is -0.213. The van der Waals surface area contributed by atoms with Crippen molar-refractivity contribution in [1.29, 1.82) is 0 Å². The van der Waals surface area contributed by atoms with E-state index in [2.05, 4.69) is 27.1 Å². The number of esters is 1. The number of nitrogens with zero attached hydrogens (tertiary/aromatic N) is 1. The molecule has 0 N–H and O–H groups in total. The Bertz CT molecular complexity index is 469. The maximum absolute atomic E-state index is 11.4. The number of ether oxygens (including phenoxy) is 2. The second kappa shape index (κ2) is 5.61. The number of halogens is 1. The first kappa shape index (κ1) is 12.6. The van der Waals surface area contributed by atoms with Crippen molar-refractivity contribution in [3.05, 3.63) is 22.7 Å². The van der Waals surface area contributed by atoms with Crippen LogP contribution in [-0.4, -0.2) is 25.4 Å². The lowest BCUT2D eigenvalue weighted by atomic mass is 10.2. The van der Waals surface area contributed by atoms with E-state index < -0.39 is 5.97 Å². The smallest absolute Gasteiger partial charge is 0.341 e. The van der Waals surface area contributed by atoms with Gasteiger partial charge in [-0.2, -0.15) is 4.99 Å². The molecule has 0 radical (unpaired) electrons. The standard InChI is InChI=1S/C10H8ClNO3S/c1-14-9-4-7(11)8(12-5-16)3-6(9)10(13)15-2/h3-4H,1-2H3. The molecule has 1 aromatic carbocycles. The van der Waals surface area contributed by atoms with Crippen LogP contribution in [0.2, 0.25) is 5.02 Å². The van der Waals surface area contributed by atoms with E-state index in [0.29, 0.717) is 16.5 Å². The molecular formula is C10H8ClNO3S. The molecule has 4 nitrogen and oxygen atoms in total. The highest BCUT2D eigenvalue weighted by molar-refractivity contribution is 7.78. The Labute approximate surface area is 103 Å². The van der Waals surface area contributed by atoms with E-state index in [4.69, 9.17) is 16.3 Å². The van der Waals surface area contributed by atoms with Gasteiger partial charge in [-0.15, -0.1) is 0 Å². The van der Waals surface area contributed by atoms with Crippen LogP contribution >= 0.6 is 23.8 Å². The molecule has 0 aliphatic heterocycles. The summed E-state index contributed by atoms with van der Waals surface area (Å²) in [6.07, 6.45) is 0. The largest absolute Gasteiger partial charge is 0.496 e. The normalized spacial score (nSPS) is 9.19. The minimum atomic E-state index is -0.533. The van der Waals surface area contributed by atoms with Crippen LogP contribution in [0.25, 0.3) is 0 Å². The Balaban J connectivity index is 3.39. The number of methoxy groups -OCH3 is 2. The molecule has 0 atom stereocenters. The molecule has 0 heterocycles. The first-order valence-corrected chi connectivity index (χ1v) is 4.96. The fourth-order valence-electron chi connectivity index (χ4n) is 1.12. The second-order valence-corrected chi connectivity index (χ2v) is 3.29. The zero-order chi connectivity index (χ0) is 12.1. The number of rotatable bonds is 3. The van der Waals surface area contributed by atoms with Gasteiger partial charge in [0.05, 0.1) is 30.1 Å². The molecule has 0 saturated heterocycles. The average molecular weight is 258 g/mol. The van der Waals surface area contributed by atoms with Crippen LogP contribution in [0.1, 0.15) is 10.4 Å². The van der Waals surface area contributed by atoms with Gasteiger partial charge >= 0.3 is 5.97 Å². The van der Waals surface area contributed by atoms with Crippen LogP contribution in [0.15, 0.2) is 17.1 Å². The average Bonchev–Trinajstić information content (AvgIpc) is 2.30. The van der Waals surface area contributed by atoms with Crippen molar-refractivity contribution in [3.63, 3.8) is 0 Å². The maximum atomic E-state index is 11.4. The molecule has 0 unspecified atom stereocenters. The minimum absolute atomic E-state index is 0.235. The predicted molar refractivity (Wildman–Crippen MR) is 64.0 cm³/mol. The first-order chi connectivity index (χ1) is 7.63. The quantitative estimate of drug-likeness (QED) is 0.475. The summed E-state index contributed by atoms with van der Waals surface area (Å²) in [4.78, 5) is 15.2. The van der Waals surface area contributed by atoms with Crippen molar-refractivity contribution in [2.75, 3.05) is 14.2 Å². The summed E-state index contributed by atoms with van der Waals surface area (Å²) in [5, 5.41) is 2.50. The number of carbonyl (C=O) groups is 1. The molecule has 1 rings (SSSR count). The number of isothiocyanates is 1. The van der Waals surface area contributed by atoms with E-state index >= 15 is 0 Å². The highest BCUT2D eigenvalue weighted by Gasteiger charge is 2.15. The van der Waals surface area contributed by atoms with Crippen molar-refractivity contribution < 1.29 is 14.3 Å². The van der Waals surface area contributed by atoms with Gasteiger partial charge in [-0.05, 0) is 18.3 Å². The summed E-state index contributed by atoms with van der Waals surface area (Å²) in [6, 6.07) is 2.91. The monoisotopic (exact) mass is 257 g/mol. The molecule has 0 bridgehead atoms. The van der Waals surface area contributed by atoms with Crippen molar-refractivity contribution in [2.45, 2.75) is 0 Å². The van der Waals surface area contributed by atoms with Gasteiger partial charge in [0.25, 0.3) is 0 Å². The Morgan fingerprint density at radius 3 is 2.69 bits per heavy atom. The van der Waals surface area contributed by atoms with Gasteiger partial charge in [-0.25, -0.2) is 4.79 Å². The molecular weight excluding hydrogens is 250 g/mol. The molecule has 0 fully saturated rings. The molecule has 84 valence electrons. The fraction of sp³-hybridized carbons (Fsp3) is 0.200. The lowest BCUT2D eigenvalue weighted by Gasteiger charge is -2.08. The highest BCUT2D eigenvalue weighted by atomic mass is 35.5. The van der Waals surface area contributed by atoms with Gasteiger partial charge in [0.1, 0.15) is 11.3 Å². The Morgan fingerprint density at radius 1 is 1.50 bits per heavy atom. The van der Waals surface area contributed by atoms with Gasteiger partial charge < -0.3 is 9.47 Å². The number of benzene rings is 1. The van der Waals surface area contributed by atoms with Crippen LogP contribution in [0.3, 0.4) is 0 Å². The highest BCUT2D eigenvalue weighted by Crippen LogP contribution is 2.32. The molecule has 0 saturated carbocycles. The van der Waals surface area contributed by atoms with Crippen LogP contribution in [0.5, 0.6) is 5.75 Å². The Morgan fingerprint density at radius 2 is 2.19 bits per heavy atom. The second-order valence-electron chi connectivity index (χ2n) is 2.70. The van der Waals surface area contributed by atoms with Gasteiger partial charge in [0.15, 0.2) is 0 Å². The summed E-state index contributed by atoms with van der Waals surface area (Å²) in [7, 11) is 2.71. The van der Waals surface area contributed by atoms with E-state index in [-0.39, 0.29) is 5.56 Å². The molecule has 0 aromatic heterocycles. The third-order valence-electron chi connectivity index (χ3n) is 1.84. The fourth-order valence-corrected chi connectivity index (χ4v) is 1.41. The summed E-state index contributed by atoms with van der Waals surface area (Å²) >= 11 is 10.4. The van der Waals surface area contributed by atoms with Crippen LogP contribution in [0.4, 0.5) is 5.69 Å².